The molecule has 1 fully saturated rings. The molecule has 1 atom stereocenters. The first kappa shape index (κ1) is 25.5. The third-order valence-corrected chi connectivity index (χ3v) is 7.08. The smallest absolute Gasteiger partial charge is 0.219 e. The number of dihydropyridines is 1. The highest BCUT2D eigenvalue weighted by molar-refractivity contribution is 9.12. The van der Waals surface area contributed by atoms with Crippen LogP contribution in [-0.4, -0.2) is 35.0 Å². The van der Waals surface area contributed by atoms with E-state index in [9.17, 15) is 9.90 Å². The number of piperidine rings is 1. The average Bonchev–Trinajstić information content (AvgIpc) is 2.96. The van der Waals surface area contributed by atoms with E-state index in [4.69, 9.17) is 0 Å². The fourth-order valence-electron chi connectivity index (χ4n) is 4.34. The van der Waals surface area contributed by atoms with Crippen LogP contribution in [0, 0.1) is 0 Å². The molecule has 1 aromatic rings. The van der Waals surface area contributed by atoms with Gasteiger partial charge in [0.1, 0.15) is 5.75 Å². The van der Waals surface area contributed by atoms with Crippen molar-refractivity contribution in [2.75, 3.05) is 13.1 Å². The minimum atomic E-state index is 0.142. The minimum Gasteiger partial charge on any atom is -0.507 e. The number of benzene rings is 1. The second-order valence-corrected chi connectivity index (χ2v) is 9.00. The van der Waals surface area contributed by atoms with Crippen molar-refractivity contribution in [3.63, 3.8) is 0 Å². The van der Waals surface area contributed by atoms with Gasteiger partial charge in [-0.1, -0.05) is 25.5 Å². The highest BCUT2D eigenvalue weighted by atomic mass is 79.9. The molecule has 1 aliphatic carbocycles. The first-order valence-electron chi connectivity index (χ1n) is 10.8. The van der Waals surface area contributed by atoms with Gasteiger partial charge in [0.15, 0.2) is 0 Å². The minimum absolute atomic E-state index is 0.142. The highest BCUT2D eigenvalue weighted by Crippen LogP contribution is 2.43. The van der Waals surface area contributed by atoms with E-state index >= 15 is 0 Å². The van der Waals surface area contributed by atoms with E-state index in [0.29, 0.717) is 0 Å². The van der Waals surface area contributed by atoms with E-state index in [0.717, 1.165) is 47.7 Å². The van der Waals surface area contributed by atoms with Crippen LogP contribution in [0.2, 0.25) is 0 Å². The number of fused-ring (bicyclic) bond motifs is 2. The molecule has 0 bridgehead atoms. The number of allylic oxidation sites excluding steroid dienone is 2. The largest absolute Gasteiger partial charge is 0.507 e. The van der Waals surface area contributed by atoms with Gasteiger partial charge in [0.25, 0.3) is 0 Å². The van der Waals surface area contributed by atoms with Crippen molar-refractivity contribution in [2.24, 2.45) is 0 Å². The van der Waals surface area contributed by atoms with Crippen molar-refractivity contribution < 1.29 is 9.90 Å². The summed E-state index contributed by atoms with van der Waals surface area (Å²) in [4.78, 5) is 13.6. The van der Waals surface area contributed by atoms with Crippen LogP contribution in [0.15, 0.2) is 57.7 Å². The van der Waals surface area contributed by atoms with E-state index in [1.807, 2.05) is 31.0 Å². The summed E-state index contributed by atoms with van der Waals surface area (Å²) in [6.07, 6.45) is 7.83. The van der Waals surface area contributed by atoms with Crippen molar-refractivity contribution in [3.05, 3.63) is 68.8 Å². The number of amides is 1. The molecule has 2 N–H and O–H groups in total. The first-order valence-corrected chi connectivity index (χ1v) is 12.3. The molecule has 168 valence electrons. The van der Waals surface area contributed by atoms with Crippen molar-refractivity contribution in [3.8, 4) is 5.75 Å². The number of aromatic hydroxyl groups is 1. The summed E-state index contributed by atoms with van der Waals surface area (Å²) in [6.45, 7) is 13.2. The third kappa shape index (κ3) is 5.53. The molecule has 4 rings (SSSR count). The van der Waals surface area contributed by atoms with Crippen LogP contribution in [0.3, 0.4) is 0 Å². The van der Waals surface area contributed by atoms with E-state index < -0.39 is 0 Å². The molecule has 1 unspecified atom stereocenters. The van der Waals surface area contributed by atoms with E-state index in [1.54, 1.807) is 13.0 Å². The van der Waals surface area contributed by atoms with Crippen LogP contribution in [0.4, 0.5) is 0 Å². The Kier molecular flexibility index (Phi) is 9.63. The van der Waals surface area contributed by atoms with Crippen molar-refractivity contribution in [1.29, 1.82) is 0 Å². The Morgan fingerprint density at radius 2 is 1.77 bits per heavy atom. The number of halogens is 2. The molecule has 2 aliphatic heterocycles. The molecule has 3 aliphatic rings. The topological polar surface area (TPSA) is 52.6 Å². The van der Waals surface area contributed by atoms with E-state index in [1.165, 1.54) is 27.8 Å². The number of hydrogen-bond acceptors (Lipinski definition) is 3. The summed E-state index contributed by atoms with van der Waals surface area (Å²) in [6, 6.07) is 3.97. The monoisotopic (exact) mass is 550 g/mol. The zero-order valence-corrected chi connectivity index (χ0v) is 21.8. The summed E-state index contributed by atoms with van der Waals surface area (Å²) in [5.74, 6) is 0.437. The van der Waals surface area contributed by atoms with E-state index in [2.05, 4.69) is 56.4 Å². The Morgan fingerprint density at radius 1 is 1.13 bits per heavy atom. The Morgan fingerprint density at radius 3 is 2.39 bits per heavy atom. The Balaban J connectivity index is 0.000000807. The maximum Gasteiger partial charge on any atom is 0.219 e. The van der Waals surface area contributed by atoms with Gasteiger partial charge < -0.3 is 15.3 Å². The lowest BCUT2D eigenvalue weighted by molar-refractivity contribution is -0.129. The van der Waals surface area contributed by atoms with Gasteiger partial charge in [0.05, 0.1) is 10.5 Å². The summed E-state index contributed by atoms with van der Waals surface area (Å²) in [5.41, 5.74) is 6.44. The van der Waals surface area contributed by atoms with Gasteiger partial charge in [0.2, 0.25) is 5.91 Å². The predicted molar refractivity (Wildman–Crippen MR) is 137 cm³/mol. The molecule has 1 aromatic carbocycles. The van der Waals surface area contributed by atoms with Crippen molar-refractivity contribution >= 4 is 43.3 Å². The molecule has 1 amide bonds. The fraction of sp³-hybridized carbons (Fsp3) is 0.400. The molecule has 2 heterocycles. The van der Waals surface area contributed by atoms with Gasteiger partial charge in [-0.3, -0.25) is 4.79 Å². The second kappa shape index (κ2) is 11.7. The van der Waals surface area contributed by atoms with Gasteiger partial charge in [-0.15, -0.1) is 13.2 Å². The summed E-state index contributed by atoms with van der Waals surface area (Å²) >= 11 is 7.19. The lowest BCUT2D eigenvalue weighted by Crippen LogP contribution is -2.36. The maximum atomic E-state index is 11.7. The normalized spacial score (nSPS) is 19.6. The molecule has 0 saturated carbocycles. The number of carbonyl (C=O) groups is 1. The van der Waals surface area contributed by atoms with Gasteiger partial charge in [-0.25, -0.2) is 0 Å². The molecular formula is C25H32Br2N2O2. The first-order chi connectivity index (χ1) is 15.0. The summed E-state index contributed by atoms with van der Waals surface area (Å²) in [7, 11) is 0. The number of rotatable bonds is 0. The number of hydrogen-bond donors (Lipinski definition) is 2. The van der Waals surface area contributed by atoms with E-state index in [-0.39, 0.29) is 17.7 Å². The number of phenolic OH excluding ortho intramolecular Hbond substituents is 1. The Hall–Kier alpha value is -1.79. The zero-order chi connectivity index (χ0) is 23.1. The molecule has 0 aromatic heterocycles. The summed E-state index contributed by atoms with van der Waals surface area (Å²) in [5, 5.41) is 13.8. The number of nitrogens with zero attached hydrogens (tertiary/aromatic N) is 1. The van der Waals surface area contributed by atoms with Crippen LogP contribution in [-0.2, 0) is 11.2 Å². The standard InChI is InChI=1S/C21H22Br2N2O2.C2H6.C2H4/c1-12(26)25-8-6-13(7-9-25)19-16-4-5-18(27)20(23)17(16)3-2-14-10-15(22)11-24-21(14)19;2*1-2/h4-5,10-11,21,24,27H,2-3,6-9H2,1H3;1-2H3;1-2H2. The highest BCUT2D eigenvalue weighted by Gasteiger charge is 2.32. The molecule has 1 saturated heterocycles. The van der Waals surface area contributed by atoms with Crippen LogP contribution >= 0.6 is 31.9 Å². The summed E-state index contributed by atoms with van der Waals surface area (Å²) < 4.78 is 1.85. The van der Waals surface area contributed by atoms with Gasteiger partial charge >= 0.3 is 0 Å². The molecule has 0 radical (unpaired) electrons. The maximum absolute atomic E-state index is 11.7. The quantitative estimate of drug-likeness (QED) is 0.364. The predicted octanol–water partition coefficient (Wildman–Crippen LogP) is 6.46. The Labute approximate surface area is 203 Å². The van der Waals surface area contributed by atoms with Crippen LogP contribution in [0.25, 0.3) is 5.57 Å². The average molecular weight is 552 g/mol. The molecule has 31 heavy (non-hydrogen) atoms. The van der Waals surface area contributed by atoms with Gasteiger partial charge in [-0.05, 0) is 92.0 Å². The second-order valence-electron chi connectivity index (χ2n) is 7.30. The molecule has 4 nitrogen and oxygen atoms in total. The molecule has 6 heteroatoms. The SMILES string of the molecule is C=C.CC.CC(=O)N1CCC(=C2c3ccc(O)c(Br)c3CCC3=CC(Br)=CNC32)CC1. The number of phenols is 1. The fourth-order valence-corrected chi connectivity index (χ4v) is 5.31. The lowest BCUT2D eigenvalue weighted by atomic mass is 9.85. The van der Waals surface area contributed by atoms with Crippen LogP contribution in [0.1, 0.15) is 51.2 Å². The Bertz CT molecular complexity index is 908. The van der Waals surface area contributed by atoms with Gasteiger partial charge in [0, 0.05) is 30.7 Å². The number of nitrogens with one attached hydrogen (secondary N) is 1. The van der Waals surface area contributed by atoms with Crippen molar-refractivity contribution in [1.82, 2.24) is 10.2 Å². The number of carbonyl (C=O) groups excluding carboxylic acids is 1. The lowest BCUT2D eigenvalue weighted by Gasteiger charge is -2.33. The zero-order valence-electron chi connectivity index (χ0n) is 18.6. The molecular weight excluding hydrogens is 520 g/mol. The molecule has 0 spiro atoms. The third-order valence-electron chi connectivity index (χ3n) is 5.74. The van der Waals surface area contributed by atoms with Crippen LogP contribution < -0.4 is 5.32 Å². The van der Waals surface area contributed by atoms with Crippen molar-refractivity contribution in [2.45, 2.75) is 52.5 Å². The van der Waals surface area contributed by atoms with Crippen LogP contribution in [0.5, 0.6) is 5.75 Å². The number of likely N-dealkylation sites (tertiary alicyclic amines) is 1. The van der Waals surface area contributed by atoms with Gasteiger partial charge in [-0.2, -0.15) is 0 Å².